The molecule has 1 aliphatic carbocycles. The normalized spacial score (nSPS) is 15.0. The van der Waals surface area contributed by atoms with Crippen molar-refractivity contribution in [3.63, 3.8) is 0 Å². The Balaban J connectivity index is 1.73. The van der Waals surface area contributed by atoms with Crippen LogP contribution in [0.15, 0.2) is 23.3 Å². The fraction of sp³-hybridized carbons (Fsp3) is 0.600. The molecule has 0 unspecified atom stereocenters. The topological polar surface area (TPSA) is 58.5 Å². The second-order valence-corrected chi connectivity index (χ2v) is 5.10. The standard InChI is InChI=1S/C15H24N4O/c1-3-8-20-14-7-6-13(10-17-14)11-19-15(16-2)18-9-12-4-5-12/h6-7,10,12H,3-5,8-9,11H2,1-2H3,(H2,16,18,19). The van der Waals surface area contributed by atoms with Gasteiger partial charge in [0.05, 0.1) is 6.61 Å². The van der Waals surface area contributed by atoms with Crippen LogP contribution in [-0.4, -0.2) is 31.1 Å². The number of rotatable bonds is 7. The van der Waals surface area contributed by atoms with Gasteiger partial charge >= 0.3 is 0 Å². The van der Waals surface area contributed by atoms with Gasteiger partial charge in [-0.05, 0) is 30.7 Å². The van der Waals surface area contributed by atoms with Crippen LogP contribution in [0, 0.1) is 5.92 Å². The molecule has 0 saturated heterocycles. The summed E-state index contributed by atoms with van der Waals surface area (Å²) in [7, 11) is 1.79. The van der Waals surface area contributed by atoms with E-state index in [-0.39, 0.29) is 0 Å². The Morgan fingerprint density at radius 3 is 2.85 bits per heavy atom. The number of hydrogen-bond donors (Lipinski definition) is 2. The molecule has 5 nitrogen and oxygen atoms in total. The minimum atomic E-state index is 0.687. The molecular weight excluding hydrogens is 252 g/mol. The van der Waals surface area contributed by atoms with Crippen LogP contribution in [0.1, 0.15) is 31.7 Å². The van der Waals surface area contributed by atoms with Crippen molar-refractivity contribution in [3.05, 3.63) is 23.9 Å². The lowest BCUT2D eigenvalue weighted by molar-refractivity contribution is 0.305. The minimum absolute atomic E-state index is 0.687. The van der Waals surface area contributed by atoms with Crippen LogP contribution >= 0.6 is 0 Å². The highest BCUT2D eigenvalue weighted by Gasteiger charge is 2.20. The van der Waals surface area contributed by atoms with Gasteiger partial charge in [0.25, 0.3) is 0 Å². The van der Waals surface area contributed by atoms with Gasteiger partial charge in [-0.25, -0.2) is 4.98 Å². The highest BCUT2D eigenvalue weighted by atomic mass is 16.5. The smallest absolute Gasteiger partial charge is 0.213 e. The first-order chi connectivity index (χ1) is 9.81. The Bertz CT molecular complexity index is 426. The first-order valence-corrected chi connectivity index (χ1v) is 7.34. The average Bonchev–Trinajstić information content (AvgIpc) is 3.30. The Morgan fingerprint density at radius 1 is 1.40 bits per heavy atom. The van der Waals surface area contributed by atoms with Crippen LogP contribution in [0.4, 0.5) is 0 Å². The van der Waals surface area contributed by atoms with Gasteiger partial charge in [-0.2, -0.15) is 0 Å². The fourth-order valence-corrected chi connectivity index (χ4v) is 1.78. The van der Waals surface area contributed by atoms with E-state index in [4.69, 9.17) is 4.74 Å². The van der Waals surface area contributed by atoms with Crippen LogP contribution in [0.2, 0.25) is 0 Å². The average molecular weight is 276 g/mol. The van der Waals surface area contributed by atoms with E-state index in [9.17, 15) is 0 Å². The molecular formula is C15H24N4O. The van der Waals surface area contributed by atoms with Crippen molar-refractivity contribution >= 4 is 5.96 Å². The third kappa shape index (κ3) is 5.07. The molecule has 1 saturated carbocycles. The quantitative estimate of drug-likeness (QED) is 0.590. The number of aliphatic imine (C=N–C) groups is 1. The molecule has 5 heteroatoms. The molecule has 0 aromatic carbocycles. The molecule has 0 atom stereocenters. The number of hydrogen-bond acceptors (Lipinski definition) is 3. The van der Waals surface area contributed by atoms with E-state index in [2.05, 4.69) is 27.5 Å². The zero-order valence-corrected chi connectivity index (χ0v) is 12.4. The minimum Gasteiger partial charge on any atom is -0.478 e. The van der Waals surface area contributed by atoms with Crippen molar-refractivity contribution in [1.29, 1.82) is 0 Å². The van der Waals surface area contributed by atoms with Crippen LogP contribution in [0.3, 0.4) is 0 Å². The van der Waals surface area contributed by atoms with Crippen molar-refractivity contribution in [3.8, 4) is 5.88 Å². The summed E-state index contributed by atoms with van der Waals surface area (Å²) in [5.74, 6) is 2.38. The maximum Gasteiger partial charge on any atom is 0.213 e. The molecule has 0 amide bonds. The Morgan fingerprint density at radius 2 is 2.25 bits per heavy atom. The van der Waals surface area contributed by atoms with E-state index in [1.807, 2.05) is 18.3 Å². The van der Waals surface area contributed by atoms with Gasteiger partial charge in [0, 0.05) is 32.4 Å². The van der Waals surface area contributed by atoms with Gasteiger partial charge < -0.3 is 15.4 Å². The molecule has 0 aliphatic heterocycles. The van der Waals surface area contributed by atoms with Crippen LogP contribution < -0.4 is 15.4 Å². The lowest BCUT2D eigenvalue weighted by Crippen LogP contribution is -2.37. The Kier molecular flexibility index (Phi) is 5.65. The summed E-state index contributed by atoms with van der Waals surface area (Å²) in [4.78, 5) is 8.49. The third-order valence-electron chi connectivity index (χ3n) is 3.19. The van der Waals surface area contributed by atoms with Crippen LogP contribution in [0.25, 0.3) is 0 Å². The molecule has 20 heavy (non-hydrogen) atoms. The van der Waals surface area contributed by atoms with Gasteiger partial charge in [0.2, 0.25) is 5.88 Å². The second-order valence-electron chi connectivity index (χ2n) is 5.10. The van der Waals surface area contributed by atoms with E-state index < -0.39 is 0 Å². The summed E-state index contributed by atoms with van der Waals surface area (Å²) in [5, 5.41) is 6.62. The molecule has 1 aromatic rings. The van der Waals surface area contributed by atoms with Crippen LogP contribution in [-0.2, 0) is 6.54 Å². The first kappa shape index (κ1) is 14.6. The van der Waals surface area contributed by atoms with Gasteiger partial charge in [0.15, 0.2) is 5.96 Å². The van der Waals surface area contributed by atoms with Crippen molar-refractivity contribution in [2.75, 3.05) is 20.2 Å². The number of aromatic nitrogens is 1. The van der Waals surface area contributed by atoms with E-state index in [0.717, 1.165) is 30.4 Å². The van der Waals surface area contributed by atoms with E-state index in [1.165, 1.54) is 12.8 Å². The lowest BCUT2D eigenvalue weighted by atomic mass is 10.3. The zero-order chi connectivity index (χ0) is 14.2. The van der Waals surface area contributed by atoms with Crippen LogP contribution in [0.5, 0.6) is 5.88 Å². The molecule has 0 bridgehead atoms. The number of pyridine rings is 1. The summed E-state index contributed by atoms with van der Waals surface area (Å²) in [6.07, 6.45) is 5.51. The van der Waals surface area contributed by atoms with Gasteiger partial charge in [-0.15, -0.1) is 0 Å². The molecule has 0 radical (unpaired) electrons. The Hall–Kier alpha value is -1.78. The maximum atomic E-state index is 5.46. The summed E-state index contributed by atoms with van der Waals surface area (Å²) in [5.41, 5.74) is 1.11. The molecule has 2 rings (SSSR count). The summed E-state index contributed by atoms with van der Waals surface area (Å²) >= 11 is 0. The molecule has 1 fully saturated rings. The van der Waals surface area contributed by atoms with Crippen molar-refractivity contribution in [1.82, 2.24) is 15.6 Å². The summed E-state index contributed by atoms with van der Waals surface area (Å²) < 4.78 is 5.46. The molecule has 110 valence electrons. The second kappa shape index (κ2) is 7.72. The number of nitrogens with one attached hydrogen (secondary N) is 2. The number of nitrogens with zero attached hydrogens (tertiary/aromatic N) is 2. The molecule has 1 heterocycles. The fourth-order valence-electron chi connectivity index (χ4n) is 1.78. The number of guanidine groups is 1. The monoisotopic (exact) mass is 276 g/mol. The lowest BCUT2D eigenvalue weighted by Gasteiger charge is -2.11. The zero-order valence-electron chi connectivity index (χ0n) is 12.4. The van der Waals surface area contributed by atoms with Crippen molar-refractivity contribution < 1.29 is 4.74 Å². The largest absolute Gasteiger partial charge is 0.478 e. The van der Waals surface area contributed by atoms with Crippen molar-refractivity contribution in [2.45, 2.75) is 32.7 Å². The predicted molar refractivity (Wildman–Crippen MR) is 80.9 cm³/mol. The summed E-state index contributed by atoms with van der Waals surface area (Å²) in [6, 6.07) is 3.94. The van der Waals surface area contributed by atoms with Gasteiger partial charge in [-0.1, -0.05) is 13.0 Å². The van der Waals surface area contributed by atoms with Gasteiger partial charge in [0.1, 0.15) is 0 Å². The first-order valence-electron chi connectivity index (χ1n) is 7.34. The molecule has 1 aliphatic rings. The molecule has 1 aromatic heterocycles. The highest BCUT2D eigenvalue weighted by molar-refractivity contribution is 5.79. The number of ether oxygens (including phenoxy) is 1. The van der Waals surface area contributed by atoms with E-state index in [0.29, 0.717) is 19.0 Å². The van der Waals surface area contributed by atoms with E-state index in [1.54, 1.807) is 7.05 Å². The van der Waals surface area contributed by atoms with E-state index >= 15 is 0 Å². The van der Waals surface area contributed by atoms with Crippen molar-refractivity contribution in [2.24, 2.45) is 10.9 Å². The molecule has 0 spiro atoms. The Labute approximate surface area is 120 Å². The summed E-state index contributed by atoms with van der Waals surface area (Å²) in [6.45, 7) is 4.52. The highest BCUT2D eigenvalue weighted by Crippen LogP contribution is 2.27. The maximum absolute atomic E-state index is 5.46. The van der Waals surface area contributed by atoms with Gasteiger partial charge in [-0.3, -0.25) is 4.99 Å². The SMILES string of the molecule is CCCOc1ccc(CNC(=NC)NCC2CC2)cn1. The predicted octanol–water partition coefficient (Wildman–Crippen LogP) is 1.95. The molecule has 2 N–H and O–H groups in total. The third-order valence-corrected chi connectivity index (χ3v) is 3.19.